The lowest BCUT2D eigenvalue weighted by Crippen LogP contribution is -2.40. The van der Waals surface area contributed by atoms with Gasteiger partial charge in [-0.1, -0.05) is 88.2 Å². The lowest BCUT2D eigenvalue weighted by Gasteiger charge is -2.36. The van der Waals surface area contributed by atoms with E-state index in [1.54, 1.807) is 6.07 Å². The third kappa shape index (κ3) is 6.45. The highest BCUT2D eigenvalue weighted by atomic mass is 35.5. The zero-order valence-electron chi connectivity index (χ0n) is 22.3. The summed E-state index contributed by atoms with van der Waals surface area (Å²) in [7, 11) is -1.95. The fourth-order valence-electron chi connectivity index (χ4n) is 3.80. The molecule has 3 aromatic rings. The molecule has 36 heavy (non-hydrogen) atoms. The molecule has 3 N–H and O–H groups in total. The summed E-state index contributed by atoms with van der Waals surface area (Å²) in [5.74, 6) is 6.05. The molecule has 0 radical (unpaired) electrons. The standard InChI is InChI=1S/C28H39ClN4O2Si/c1-7-8-13-25-31-26(29)24(19-35-36(5,6)28(2,3)4)33(25)18-20-14-16-21(17-15-20)22-11-9-10-12-23(22)27(34)32-30/h9-12,14-17H,7-8,13,18-19,30H2,1-6H3,(H,32,34). The third-order valence-electron chi connectivity index (χ3n) is 7.14. The highest BCUT2D eigenvalue weighted by Gasteiger charge is 2.37. The first-order chi connectivity index (χ1) is 17.0. The maximum absolute atomic E-state index is 12.2. The molecular formula is C28H39ClN4O2Si. The van der Waals surface area contributed by atoms with E-state index in [9.17, 15) is 4.79 Å². The molecule has 0 saturated carbocycles. The van der Waals surface area contributed by atoms with Gasteiger partial charge in [-0.05, 0) is 47.3 Å². The van der Waals surface area contributed by atoms with Crippen LogP contribution in [0.2, 0.25) is 23.3 Å². The zero-order valence-corrected chi connectivity index (χ0v) is 24.1. The van der Waals surface area contributed by atoms with E-state index < -0.39 is 8.32 Å². The number of amides is 1. The van der Waals surface area contributed by atoms with Gasteiger partial charge in [-0.15, -0.1) is 0 Å². The Kier molecular flexibility index (Phi) is 9.16. The van der Waals surface area contributed by atoms with Crippen LogP contribution in [-0.4, -0.2) is 23.8 Å². The topological polar surface area (TPSA) is 82.2 Å². The number of rotatable bonds is 10. The van der Waals surface area contributed by atoms with Crippen molar-refractivity contribution >= 4 is 25.8 Å². The number of carbonyl (C=O) groups is 1. The number of aryl methyl sites for hydroxylation is 1. The number of hydrazine groups is 1. The second kappa shape index (κ2) is 11.7. The Labute approximate surface area is 221 Å². The van der Waals surface area contributed by atoms with Crippen molar-refractivity contribution in [3.63, 3.8) is 0 Å². The van der Waals surface area contributed by atoms with Gasteiger partial charge in [-0.3, -0.25) is 10.2 Å². The summed E-state index contributed by atoms with van der Waals surface area (Å²) in [6.07, 6.45) is 3.01. The van der Waals surface area contributed by atoms with Gasteiger partial charge in [-0.25, -0.2) is 10.8 Å². The number of halogens is 1. The largest absolute Gasteiger partial charge is 0.411 e. The number of nitrogens with zero attached hydrogens (tertiary/aromatic N) is 2. The minimum Gasteiger partial charge on any atom is -0.411 e. The van der Waals surface area contributed by atoms with Crippen LogP contribution in [0.25, 0.3) is 11.1 Å². The molecule has 0 aliphatic rings. The van der Waals surface area contributed by atoms with E-state index in [1.165, 1.54) is 0 Å². The van der Waals surface area contributed by atoms with E-state index in [4.69, 9.17) is 26.9 Å². The second-order valence-electron chi connectivity index (χ2n) is 10.7. The van der Waals surface area contributed by atoms with E-state index in [-0.39, 0.29) is 10.9 Å². The number of imidazole rings is 1. The molecule has 0 saturated heterocycles. The van der Waals surface area contributed by atoms with Gasteiger partial charge in [0, 0.05) is 18.5 Å². The van der Waals surface area contributed by atoms with E-state index in [1.807, 2.05) is 30.3 Å². The Hall–Kier alpha value is -2.45. The highest BCUT2D eigenvalue weighted by Crippen LogP contribution is 2.37. The van der Waals surface area contributed by atoms with Crippen molar-refractivity contribution in [1.29, 1.82) is 0 Å². The lowest BCUT2D eigenvalue weighted by atomic mass is 9.98. The molecule has 8 heteroatoms. The number of carbonyl (C=O) groups excluding carboxylic acids is 1. The van der Waals surface area contributed by atoms with Crippen molar-refractivity contribution in [1.82, 2.24) is 15.0 Å². The molecule has 3 rings (SSSR count). The smallest absolute Gasteiger partial charge is 0.265 e. The lowest BCUT2D eigenvalue weighted by molar-refractivity contribution is 0.0954. The van der Waals surface area contributed by atoms with Crippen molar-refractivity contribution in [2.75, 3.05) is 0 Å². The molecular weight excluding hydrogens is 488 g/mol. The predicted octanol–water partition coefficient (Wildman–Crippen LogP) is 6.72. The Bertz CT molecular complexity index is 1180. The summed E-state index contributed by atoms with van der Waals surface area (Å²) in [5.41, 5.74) is 6.62. The zero-order chi connectivity index (χ0) is 26.5. The first-order valence-corrected chi connectivity index (χ1v) is 15.8. The summed E-state index contributed by atoms with van der Waals surface area (Å²) in [6, 6.07) is 15.7. The molecule has 0 aliphatic heterocycles. The van der Waals surface area contributed by atoms with Gasteiger partial charge in [0.25, 0.3) is 5.91 Å². The average Bonchev–Trinajstić information content (AvgIpc) is 3.14. The summed E-state index contributed by atoms with van der Waals surface area (Å²) in [5, 5.41) is 0.639. The molecule has 0 spiro atoms. The van der Waals surface area contributed by atoms with Crippen LogP contribution in [0.1, 0.15) is 68.0 Å². The SMILES string of the molecule is CCCCc1nc(Cl)c(CO[Si](C)(C)C(C)(C)C)n1Cc1ccc(-c2ccccc2C(=O)NN)cc1. The maximum atomic E-state index is 12.2. The summed E-state index contributed by atoms with van der Waals surface area (Å²) >= 11 is 6.66. The third-order valence-corrected chi connectivity index (χ3v) is 11.9. The van der Waals surface area contributed by atoms with Crippen molar-refractivity contribution in [2.45, 2.75) is 78.2 Å². The van der Waals surface area contributed by atoms with E-state index >= 15 is 0 Å². The molecule has 0 fully saturated rings. The van der Waals surface area contributed by atoms with Gasteiger partial charge in [0.05, 0.1) is 12.3 Å². The van der Waals surface area contributed by atoms with Crippen LogP contribution in [0.15, 0.2) is 48.5 Å². The van der Waals surface area contributed by atoms with Crippen molar-refractivity contribution in [3.8, 4) is 11.1 Å². The second-order valence-corrected chi connectivity index (χ2v) is 15.9. The minimum absolute atomic E-state index is 0.113. The van der Waals surface area contributed by atoms with Gasteiger partial charge < -0.3 is 8.99 Å². The van der Waals surface area contributed by atoms with Gasteiger partial charge in [-0.2, -0.15) is 0 Å². The Balaban J connectivity index is 1.90. The van der Waals surface area contributed by atoms with Crippen LogP contribution in [0.5, 0.6) is 0 Å². The average molecular weight is 527 g/mol. The van der Waals surface area contributed by atoms with Gasteiger partial charge >= 0.3 is 0 Å². The maximum Gasteiger partial charge on any atom is 0.265 e. The van der Waals surface area contributed by atoms with Crippen LogP contribution >= 0.6 is 11.6 Å². The summed E-state index contributed by atoms with van der Waals surface area (Å²) in [4.78, 5) is 16.9. The molecule has 1 amide bonds. The fraction of sp³-hybridized carbons (Fsp3) is 0.429. The number of hydrogen-bond acceptors (Lipinski definition) is 4. The van der Waals surface area contributed by atoms with Crippen LogP contribution in [0.3, 0.4) is 0 Å². The number of hydrogen-bond donors (Lipinski definition) is 2. The van der Waals surface area contributed by atoms with E-state index in [2.05, 4.69) is 62.9 Å². The molecule has 0 aliphatic carbocycles. The number of nitrogens with two attached hydrogens (primary N) is 1. The highest BCUT2D eigenvalue weighted by molar-refractivity contribution is 6.74. The quantitative estimate of drug-likeness (QED) is 0.133. The van der Waals surface area contributed by atoms with Gasteiger partial charge in [0.1, 0.15) is 5.82 Å². The first kappa shape index (κ1) is 28.1. The molecule has 1 aromatic heterocycles. The molecule has 0 unspecified atom stereocenters. The van der Waals surface area contributed by atoms with Crippen LogP contribution in [0, 0.1) is 0 Å². The number of aromatic nitrogens is 2. The van der Waals surface area contributed by atoms with Gasteiger partial charge in [0.2, 0.25) is 0 Å². The molecule has 194 valence electrons. The fourth-order valence-corrected chi connectivity index (χ4v) is 4.99. The first-order valence-electron chi connectivity index (χ1n) is 12.6. The number of benzene rings is 2. The van der Waals surface area contributed by atoms with Crippen molar-refractivity contribution in [2.24, 2.45) is 5.84 Å². The Morgan fingerprint density at radius 3 is 2.42 bits per heavy atom. The molecule has 6 nitrogen and oxygen atoms in total. The molecule has 2 aromatic carbocycles. The van der Waals surface area contributed by atoms with Crippen molar-refractivity contribution < 1.29 is 9.22 Å². The van der Waals surface area contributed by atoms with E-state index in [0.717, 1.165) is 47.5 Å². The van der Waals surface area contributed by atoms with Gasteiger partial charge in [0.15, 0.2) is 13.5 Å². The molecule has 1 heterocycles. The van der Waals surface area contributed by atoms with Crippen LogP contribution < -0.4 is 11.3 Å². The Morgan fingerprint density at radius 2 is 1.81 bits per heavy atom. The number of unbranched alkanes of at least 4 members (excludes halogenated alkanes) is 1. The number of nitrogen functional groups attached to an aromatic ring is 1. The van der Waals surface area contributed by atoms with Crippen molar-refractivity contribution in [3.05, 3.63) is 76.3 Å². The van der Waals surface area contributed by atoms with Crippen LogP contribution in [-0.2, 0) is 24.0 Å². The molecule has 0 bridgehead atoms. The summed E-state index contributed by atoms with van der Waals surface area (Å²) < 4.78 is 8.74. The normalized spacial score (nSPS) is 12.1. The predicted molar refractivity (Wildman–Crippen MR) is 150 cm³/mol. The monoisotopic (exact) mass is 526 g/mol. The summed E-state index contributed by atoms with van der Waals surface area (Å²) in [6.45, 7) is 14.5. The molecule has 0 atom stereocenters. The van der Waals surface area contributed by atoms with Crippen LogP contribution in [0.4, 0.5) is 0 Å². The van der Waals surface area contributed by atoms with E-state index in [0.29, 0.717) is 23.9 Å². The minimum atomic E-state index is -1.95. The number of nitrogens with one attached hydrogen (secondary N) is 1. The Morgan fingerprint density at radius 1 is 1.14 bits per heavy atom.